The maximum atomic E-state index is 17.3. The number of aryl methyl sites for hydroxylation is 1. The van der Waals surface area contributed by atoms with Gasteiger partial charge < -0.3 is 29.1 Å². The number of amides is 1. The molecule has 0 bridgehead atoms. The molecular weight excluding hydrogens is 817 g/mol. The summed E-state index contributed by atoms with van der Waals surface area (Å²) in [6.45, 7) is 3.38. The molecule has 0 aliphatic carbocycles. The average Bonchev–Trinajstić information content (AvgIpc) is 3.39. The van der Waals surface area contributed by atoms with Crippen molar-refractivity contribution in [2.45, 2.75) is 39.2 Å². The van der Waals surface area contributed by atoms with Gasteiger partial charge in [-0.05, 0) is 78.5 Å². The molecule has 0 saturated heterocycles. The molecule has 7 rings (SSSR count). The fourth-order valence-electron chi connectivity index (χ4n) is 7.11. The minimum absolute atomic E-state index is 0.0443. The standard InChI is InChI=1S/C41H35Cl2F4N7O5/c1-21-18-28(53(19-23-7-11-25(57-3)12-8-23)20-24-9-13-26(58-4)14-10-24)49-34(31(21)41(45,46)47)29-32(42)36-30-35(33(29)44)50-39(43)52-38(30)54(16-17-59-36)22(2)27-6-5-15-48-37(27)51-40(55)56/h5-15,18,22H,16-17,19-20H2,1-4H3,(H,48,51)(H,55,56)/t22-/m1/s1. The third-order valence-electron chi connectivity index (χ3n) is 9.88. The van der Waals surface area contributed by atoms with E-state index in [1.807, 2.05) is 24.3 Å². The highest BCUT2D eigenvalue weighted by atomic mass is 35.5. The molecular formula is C41H35Cl2F4N7O5. The van der Waals surface area contributed by atoms with Crippen LogP contribution in [-0.2, 0) is 19.3 Å². The molecule has 1 atom stereocenters. The lowest BCUT2D eigenvalue weighted by molar-refractivity contribution is -0.137. The van der Waals surface area contributed by atoms with Gasteiger partial charge in [0.2, 0.25) is 5.28 Å². The first-order chi connectivity index (χ1) is 28.2. The predicted molar refractivity (Wildman–Crippen MR) is 216 cm³/mol. The maximum absolute atomic E-state index is 17.3. The van der Waals surface area contributed by atoms with E-state index in [0.717, 1.165) is 11.1 Å². The third-order valence-corrected chi connectivity index (χ3v) is 10.4. The van der Waals surface area contributed by atoms with E-state index >= 15 is 17.6 Å². The molecule has 4 heterocycles. The van der Waals surface area contributed by atoms with Gasteiger partial charge in [-0.25, -0.2) is 24.1 Å². The Morgan fingerprint density at radius 3 is 2.20 bits per heavy atom. The number of hydrogen-bond donors (Lipinski definition) is 2. The van der Waals surface area contributed by atoms with Crippen LogP contribution in [0.5, 0.6) is 17.2 Å². The summed E-state index contributed by atoms with van der Waals surface area (Å²) in [5.74, 6) is 0.0134. The molecule has 18 heteroatoms. The van der Waals surface area contributed by atoms with Crippen LogP contribution >= 0.6 is 23.2 Å². The SMILES string of the molecule is COc1ccc(CN(Cc2ccc(OC)cc2)c2cc(C)c(C(F)(F)F)c(-c3c(Cl)c4c5c(nc(Cl)nc5c3F)N([C@H](C)c3cccnc3NC(=O)O)CCO4)n2)cc1. The van der Waals surface area contributed by atoms with Crippen LogP contribution in [0.2, 0.25) is 10.3 Å². The highest BCUT2D eigenvalue weighted by Gasteiger charge is 2.40. The van der Waals surface area contributed by atoms with E-state index in [4.69, 9.17) is 37.4 Å². The normalized spacial score (nSPS) is 13.1. The van der Waals surface area contributed by atoms with Gasteiger partial charge in [0, 0.05) is 24.8 Å². The molecule has 3 aromatic carbocycles. The Morgan fingerprint density at radius 2 is 1.63 bits per heavy atom. The molecule has 59 heavy (non-hydrogen) atoms. The van der Waals surface area contributed by atoms with E-state index in [-0.39, 0.29) is 60.4 Å². The van der Waals surface area contributed by atoms with E-state index < -0.39 is 56.8 Å². The van der Waals surface area contributed by atoms with Crippen LogP contribution in [0, 0.1) is 12.7 Å². The molecule has 306 valence electrons. The monoisotopic (exact) mass is 851 g/mol. The molecule has 3 aromatic heterocycles. The molecule has 1 aliphatic heterocycles. The summed E-state index contributed by atoms with van der Waals surface area (Å²) in [4.78, 5) is 32.3. The zero-order valence-corrected chi connectivity index (χ0v) is 33.4. The summed E-state index contributed by atoms with van der Waals surface area (Å²) in [5.41, 5.74) is -1.36. The van der Waals surface area contributed by atoms with Crippen LogP contribution in [0.15, 0.2) is 72.9 Å². The highest BCUT2D eigenvalue weighted by molar-refractivity contribution is 6.37. The van der Waals surface area contributed by atoms with Gasteiger partial charge in [-0.2, -0.15) is 18.2 Å². The second kappa shape index (κ2) is 16.6. The fraction of sp³-hybridized carbons (Fsp3) is 0.244. The molecule has 0 spiro atoms. The maximum Gasteiger partial charge on any atom is 0.418 e. The van der Waals surface area contributed by atoms with Crippen molar-refractivity contribution in [3.63, 3.8) is 0 Å². The molecule has 0 saturated carbocycles. The van der Waals surface area contributed by atoms with Crippen LogP contribution in [-0.4, -0.2) is 58.5 Å². The van der Waals surface area contributed by atoms with Crippen LogP contribution in [0.3, 0.4) is 0 Å². The number of nitrogens with one attached hydrogen (secondary N) is 1. The van der Waals surface area contributed by atoms with Crippen molar-refractivity contribution in [1.82, 2.24) is 19.9 Å². The zero-order chi connectivity index (χ0) is 42.2. The molecule has 0 fully saturated rings. The number of rotatable bonds is 11. The van der Waals surface area contributed by atoms with Crippen molar-refractivity contribution in [3.05, 3.63) is 117 Å². The summed E-state index contributed by atoms with van der Waals surface area (Å²) >= 11 is 13.4. The van der Waals surface area contributed by atoms with Gasteiger partial charge in [-0.1, -0.05) is 41.9 Å². The number of carbonyl (C=O) groups is 1. The summed E-state index contributed by atoms with van der Waals surface area (Å²) in [6.07, 6.45) is -4.93. The summed E-state index contributed by atoms with van der Waals surface area (Å²) in [6, 6.07) is 18.3. The highest BCUT2D eigenvalue weighted by Crippen LogP contribution is 2.51. The number of ether oxygens (including phenoxy) is 3. The van der Waals surface area contributed by atoms with E-state index in [2.05, 4.69) is 25.3 Å². The van der Waals surface area contributed by atoms with Gasteiger partial charge in [-0.15, -0.1) is 0 Å². The number of methoxy groups -OCH3 is 2. The van der Waals surface area contributed by atoms with Gasteiger partial charge in [0.15, 0.2) is 11.6 Å². The van der Waals surface area contributed by atoms with Gasteiger partial charge in [0.05, 0.1) is 54.0 Å². The topological polar surface area (TPSA) is 135 Å². The number of pyridine rings is 2. The quantitative estimate of drug-likeness (QED) is 0.0953. The van der Waals surface area contributed by atoms with Gasteiger partial charge >= 0.3 is 12.3 Å². The summed E-state index contributed by atoms with van der Waals surface area (Å²) in [7, 11) is 3.08. The van der Waals surface area contributed by atoms with E-state index in [1.54, 1.807) is 53.1 Å². The van der Waals surface area contributed by atoms with Gasteiger partial charge in [0.1, 0.15) is 41.1 Å². The predicted octanol–water partition coefficient (Wildman–Crippen LogP) is 10.1. The van der Waals surface area contributed by atoms with Crippen molar-refractivity contribution in [2.75, 3.05) is 42.5 Å². The van der Waals surface area contributed by atoms with Crippen LogP contribution in [0.25, 0.3) is 22.2 Å². The zero-order valence-electron chi connectivity index (χ0n) is 31.9. The molecule has 12 nitrogen and oxygen atoms in total. The number of carboxylic acid groups (broad SMARTS) is 1. The van der Waals surface area contributed by atoms with Crippen LogP contribution in [0.4, 0.5) is 39.8 Å². The Hall–Kier alpha value is -6.13. The Morgan fingerprint density at radius 1 is 1.00 bits per heavy atom. The van der Waals surface area contributed by atoms with Gasteiger partial charge in [-0.3, -0.25) is 5.32 Å². The minimum atomic E-state index is -5.01. The van der Waals surface area contributed by atoms with Crippen molar-refractivity contribution < 1.29 is 41.7 Å². The first-order valence-corrected chi connectivity index (χ1v) is 18.8. The Bertz CT molecular complexity index is 2500. The number of aromatic nitrogens is 4. The Kier molecular flexibility index (Phi) is 11.6. The Labute approximate surface area is 345 Å². The van der Waals surface area contributed by atoms with Crippen molar-refractivity contribution >= 4 is 57.7 Å². The molecule has 6 aromatic rings. The number of halogens is 6. The second-order valence-corrected chi connectivity index (χ2v) is 14.2. The molecule has 1 amide bonds. The smallest absolute Gasteiger partial charge is 0.418 e. The van der Waals surface area contributed by atoms with Crippen LogP contribution in [0.1, 0.15) is 40.8 Å². The summed E-state index contributed by atoms with van der Waals surface area (Å²) in [5, 5.41) is 10.8. The van der Waals surface area contributed by atoms with Crippen molar-refractivity contribution in [2.24, 2.45) is 0 Å². The Balaban J connectivity index is 1.42. The third kappa shape index (κ3) is 8.27. The number of nitrogens with zero attached hydrogens (tertiary/aromatic N) is 6. The first kappa shape index (κ1) is 41.0. The average molecular weight is 853 g/mol. The van der Waals surface area contributed by atoms with Crippen molar-refractivity contribution in [3.8, 4) is 28.5 Å². The van der Waals surface area contributed by atoms with Crippen LogP contribution < -0.4 is 29.3 Å². The number of alkyl halides is 3. The van der Waals surface area contributed by atoms with E-state index in [9.17, 15) is 9.90 Å². The minimum Gasteiger partial charge on any atom is -0.497 e. The molecule has 2 N–H and O–H groups in total. The van der Waals surface area contributed by atoms with E-state index in [0.29, 0.717) is 17.1 Å². The molecule has 0 unspecified atom stereocenters. The fourth-order valence-corrected chi connectivity index (χ4v) is 7.60. The van der Waals surface area contributed by atoms with Gasteiger partial charge in [0.25, 0.3) is 0 Å². The molecule has 1 aliphatic rings. The first-order valence-electron chi connectivity index (χ1n) is 18.0. The number of benzene rings is 3. The van der Waals surface area contributed by atoms with E-state index in [1.165, 1.54) is 33.4 Å². The number of hydrogen-bond acceptors (Lipinski definition) is 10. The lowest BCUT2D eigenvalue weighted by Crippen LogP contribution is -2.31. The van der Waals surface area contributed by atoms with Crippen molar-refractivity contribution in [1.29, 1.82) is 0 Å². The second-order valence-electron chi connectivity index (χ2n) is 13.5. The number of anilines is 3. The summed E-state index contributed by atoms with van der Waals surface area (Å²) < 4.78 is 79.6. The largest absolute Gasteiger partial charge is 0.497 e. The lowest BCUT2D eigenvalue weighted by atomic mass is 9.98. The molecule has 0 radical (unpaired) electrons. The lowest BCUT2D eigenvalue weighted by Gasteiger charge is -2.30.